The maximum absolute atomic E-state index is 12.0. The van der Waals surface area contributed by atoms with E-state index >= 15 is 0 Å². The van der Waals surface area contributed by atoms with Crippen LogP contribution in [-0.2, 0) is 9.53 Å². The molecule has 0 radical (unpaired) electrons. The average molecular weight is 225 g/mol. The lowest BCUT2D eigenvalue weighted by atomic mass is 9.65. The first-order valence-electron chi connectivity index (χ1n) is 6.54. The Morgan fingerprint density at radius 3 is 2.50 bits per heavy atom. The molecule has 1 heterocycles. The summed E-state index contributed by atoms with van der Waals surface area (Å²) in [5.74, 6) is 0.994. The minimum atomic E-state index is 0.183. The Labute approximate surface area is 97.7 Å². The van der Waals surface area contributed by atoms with Gasteiger partial charge in [0.1, 0.15) is 5.78 Å². The van der Waals surface area contributed by atoms with Crippen molar-refractivity contribution in [3.8, 4) is 0 Å². The Balaban J connectivity index is 1.74. The number of hydrogen-bond donors (Lipinski definition) is 1. The second kappa shape index (κ2) is 5.28. The zero-order valence-corrected chi connectivity index (χ0v) is 10.0. The molecule has 0 spiro atoms. The van der Waals surface area contributed by atoms with Crippen LogP contribution in [0.3, 0.4) is 0 Å². The number of carbonyl (C=O) groups excluding carboxylic acids is 1. The summed E-state index contributed by atoms with van der Waals surface area (Å²) in [4.78, 5) is 12.0. The third-order valence-corrected chi connectivity index (χ3v) is 4.28. The van der Waals surface area contributed by atoms with Crippen LogP contribution in [0.1, 0.15) is 44.9 Å². The van der Waals surface area contributed by atoms with Crippen LogP contribution in [0, 0.1) is 11.3 Å². The molecule has 0 atom stereocenters. The van der Waals surface area contributed by atoms with E-state index in [0.717, 1.165) is 51.7 Å². The van der Waals surface area contributed by atoms with Crippen LogP contribution in [0.5, 0.6) is 0 Å². The van der Waals surface area contributed by atoms with E-state index in [1.165, 1.54) is 6.42 Å². The van der Waals surface area contributed by atoms with Crippen LogP contribution >= 0.6 is 0 Å². The molecule has 16 heavy (non-hydrogen) atoms. The van der Waals surface area contributed by atoms with E-state index in [1.54, 1.807) is 0 Å². The smallest absolute Gasteiger partial charge is 0.133 e. The highest BCUT2D eigenvalue weighted by Crippen LogP contribution is 2.43. The first kappa shape index (κ1) is 12.1. The van der Waals surface area contributed by atoms with Gasteiger partial charge in [0.15, 0.2) is 0 Å². The van der Waals surface area contributed by atoms with Gasteiger partial charge in [0.05, 0.1) is 0 Å². The molecule has 0 amide bonds. The number of hydrogen-bond acceptors (Lipinski definition) is 3. The van der Waals surface area contributed by atoms with Crippen molar-refractivity contribution >= 4 is 5.78 Å². The van der Waals surface area contributed by atoms with Crippen molar-refractivity contribution in [2.45, 2.75) is 44.9 Å². The fourth-order valence-corrected chi connectivity index (χ4v) is 2.89. The number of Topliss-reactive ketones (excluding diaryl/α,β-unsaturated/α-hetero) is 1. The molecule has 2 fully saturated rings. The quantitative estimate of drug-likeness (QED) is 0.777. The molecule has 0 unspecified atom stereocenters. The Morgan fingerprint density at radius 1 is 1.31 bits per heavy atom. The Morgan fingerprint density at radius 2 is 2.00 bits per heavy atom. The highest BCUT2D eigenvalue weighted by atomic mass is 16.5. The molecule has 2 N–H and O–H groups in total. The van der Waals surface area contributed by atoms with E-state index in [1.807, 2.05) is 0 Å². The molecule has 2 aliphatic rings. The van der Waals surface area contributed by atoms with Gasteiger partial charge in [-0.05, 0) is 43.6 Å². The van der Waals surface area contributed by atoms with Crippen LogP contribution < -0.4 is 5.73 Å². The number of rotatable bonds is 5. The molecule has 1 aliphatic heterocycles. The lowest BCUT2D eigenvalue weighted by Crippen LogP contribution is -2.39. The van der Waals surface area contributed by atoms with Gasteiger partial charge >= 0.3 is 0 Å². The largest absolute Gasteiger partial charge is 0.381 e. The van der Waals surface area contributed by atoms with E-state index in [-0.39, 0.29) is 5.41 Å². The van der Waals surface area contributed by atoms with Crippen molar-refractivity contribution in [1.82, 2.24) is 0 Å². The second-order valence-corrected chi connectivity index (χ2v) is 5.53. The summed E-state index contributed by atoms with van der Waals surface area (Å²) in [7, 11) is 0. The fourth-order valence-electron chi connectivity index (χ4n) is 2.89. The van der Waals surface area contributed by atoms with Crippen molar-refractivity contribution in [2.24, 2.45) is 17.1 Å². The standard InChI is InChI=1S/C13H23NO2/c14-10-13(4-1-5-13)9-12(15)8-11-2-6-16-7-3-11/h11H,1-10,14H2. The molecule has 0 aromatic carbocycles. The monoisotopic (exact) mass is 225 g/mol. The molecular formula is C13H23NO2. The molecule has 0 bridgehead atoms. The van der Waals surface area contributed by atoms with E-state index in [4.69, 9.17) is 10.5 Å². The molecule has 1 saturated heterocycles. The fraction of sp³-hybridized carbons (Fsp3) is 0.923. The average Bonchev–Trinajstić information content (AvgIpc) is 2.25. The number of carbonyl (C=O) groups is 1. The molecule has 0 aromatic heterocycles. The van der Waals surface area contributed by atoms with Crippen molar-refractivity contribution in [2.75, 3.05) is 19.8 Å². The molecule has 2 rings (SSSR count). The summed E-state index contributed by atoms with van der Waals surface area (Å²) in [6.45, 7) is 2.35. The van der Waals surface area contributed by atoms with Gasteiger partial charge in [0, 0.05) is 26.1 Å². The minimum absolute atomic E-state index is 0.183. The topological polar surface area (TPSA) is 52.3 Å². The van der Waals surface area contributed by atoms with Crippen LogP contribution in [0.25, 0.3) is 0 Å². The molecule has 92 valence electrons. The predicted molar refractivity (Wildman–Crippen MR) is 63.1 cm³/mol. The van der Waals surface area contributed by atoms with Crippen molar-refractivity contribution in [3.63, 3.8) is 0 Å². The normalized spacial score (nSPS) is 25.1. The van der Waals surface area contributed by atoms with E-state index in [0.29, 0.717) is 18.2 Å². The zero-order chi connectivity index (χ0) is 11.4. The van der Waals surface area contributed by atoms with Crippen LogP contribution in [0.2, 0.25) is 0 Å². The first-order valence-corrected chi connectivity index (χ1v) is 6.54. The van der Waals surface area contributed by atoms with Crippen molar-refractivity contribution in [1.29, 1.82) is 0 Å². The number of ether oxygens (including phenoxy) is 1. The summed E-state index contributed by atoms with van der Waals surface area (Å²) in [6, 6.07) is 0. The van der Waals surface area contributed by atoms with Crippen LogP contribution in [-0.4, -0.2) is 25.5 Å². The van der Waals surface area contributed by atoms with Crippen LogP contribution in [0.4, 0.5) is 0 Å². The lowest BCUT2D eigenvalue weighted by molar-refractivity contribution is -0.124. The molecule has 3 nitrogen and oxygen atoms in total. The highest BCUT2D eigenvalue weighted by Gasteiger charge is 2.37. The van der Waals surface area contributed by atoms with Gasteiger partial charge in [0.2, 0.25) is 0 Å². The maximum atomic E-state index is 12.0. The molecule has 3 heteroatoms. The predicted octanol–water partition coefficient (Wildman–Crippen LogP) is 1.89. The van der Waals surface area contributed by atoms with Gasteiger partial charge in [-0.2, -0.15) is 0 Å². The van der Waals surface area contributed by atoms with Gasteiger partial charge in [-0.1, -0.05) is 6.42 Å². The summed E-state index contributed by atoms with van der Waals surface area (Å²) >= 11 is 0. The van der Waals surface area contributed by atoms with E-state index < -0.39 is 0 Å². The van der Waals surface area contributed by atoms with Gasteiger partial charge < -0.3 is 10.5 Å². The summed E-state index contributed by atoms with van der Waals surface area (Å²) < 4.78 is 5.30. The van der Waals surface area contributed by atoms with E-state index in [9.17, 15) is 4.79 Å². The third kappa shape index (κ3) is 2.83. The summed E-state index contributed by atoms with van der Waals surface area (Å²) in [5, 5.41) is 0. The Bertz CT molecular complexity index is 237. The SMILES string of the molecule is NCC1(CC(=O)CC2CCOCC2)CCC1. The second-order valence-electron chi connectivity index (χ2n) is 5.53. The minimum Gasteiger partial charge on any atom is -0.381 e. The first-order chi connectivity index (χ1) is 7.74. The summed E-state index contributed by atoms with van der Waals surface area (Å²) in [5.41, 5.74) is 5.96. The lowest BCUT2D eigenvalue weighted by Gasteiger charge is -2.40. The van der Waals surface area contributed by atoms with Gasteiger partial charge in [-0.3, -0.25) is 4.79 Å². The molecule has 0 aromatic rings. The third-order valence-electron chi connectivity index (χ3n) is 4.28. The Kier molecular flexibility index (Phi) is 3.98. The highest BCUT2D eigenvalue weighted by molar-refractivity contribution is 5.79. The molecule has 1 saturated carbocycles. The van der Waals surface area contributed by atoms with Crippen LogP contribution in [0.15, 0.2) is 0 Å². The molecular weight excluding hydrogens is 202 g/mol. The van der Waals surface area contributed by atoms with Crippen molar-refractivity contribution in [3.05, 3.63) is 0 Å². The van der Waals surface area contributed by atoms with E-state index in [2.05, 4.69) is 0 Å². The Hall–Kier alpha value is -0.410. The number of ketones is 1. The number of nitrogens with two attached hydrogens (primary N) is 1. The summed E-state index contributed by atoms with van der Waals surface area (Å²) in [6.07, 6.45) is 7.16. The van der Waals surface area contributed by atoms with Gasteiger partial charge in [0.25, 0.3) is 0 Å². The molecule has 1 aliphatic carbocycles. The van der Waals surface area contributed by atoms with Gasteiger partial charge in [-0.15, -0.1) is 0 Å². The maximum Gasteiger partial charge on any atom is 0.133 e. The zero-order valence-electron chi connectivity index (χ0n) is 10.0. The van der Waals surface area contributed by atoms with Gasteiger partial charge in [-0.25, -0.2) is 0 Å². The van der Waals surface area contributed by atoms with Crippen molar-refractivity contribution < 1.29 is 9.53 Å².